The van der Waals surface area contributed by atoms with E-state index < -0.39 is 0 Å². The number of rotatable bonds is 4. The number of amides is 1. The van der Waals surface area contributed by atoms with E-state index in [0.29, 0.717) is 12.1 Å². The van der Waals surface area contributed by atoms with E-state index in [-0.39, 0.29) is 24.1 Å². The molecule has 5 nitrogen and oxygen atoms in total. The molecule has 1 heterocycles. The predicted molar refractivity (Wildman–Crippen MR) is 75.0 cm³/mol. The van der Waals surface area contributed by atoms with Crippen molar-refractivity contribution in [3.05, 3.63) is 29.8 Å². The molecule has 1 aliphatic rings. The molecule has 0 saturated carbocycles. The summed E-state index contributed by atoms with van der Waals surface area (Å²) in [4.78, 5) is 14.0. The molecule has 0 unspecified atom stereocenters. The second kappa shape index (κ2) is 6.92. The fourth-order valence-electron chi connectivity index (χ4n) is 2.45. The lowest BCUT2D eigenvalue weighted by molar-refractivity contribution is -0.121. The Morgan fingerprint density at radius 1 is 1.40 bits per heavy atom. The molecule has 0 aliphatic carbocycles. The fraction of sp³-hybridized carbons (Fsp3) is 0.467. The monoisotopic (exact) mass is 273 g/mol. The van der Waals surface area contributed by atoms with E-state index in [0.717, 1.165) is 25.9 Å². The standard InChI is InChI=1S/C15H19N3O2/c16-7-10-18-8-5-13(6-9-18)17-15(20)11-12-3-1-2-4-14(12)19/h1-4,13,19H,5-6,8-11H2,(H,17,20). The van der Waals surface area contributed by atoms with Gasteiger partial charge in [0, 0.05) is 24.7 Å². The number of nitrogens with zero attached hydrogens (tertiary/aromatic N) is 2. The molecule has 20 heavy (non-hydrogen) atoms. The van der Waals surface area contributed by atoms with Crippen molar-refractivity contribution < 1.29 is 9.90 Å². The van der Waals surface area contributed by atoms with Crippen LogP contribution in [-0.2, 0) is 11.2 Å². The number of benzene rings is 1. The van der Waals surface area contributed by atoms with Crippen molar-refractivity contribution in [3.63, 3.8) is 0 Å². The lowest BCUT2D eigenvalue weighted by atomic mass is 10.0. The zero-order valence-corrected chi connectivity index (χ0v) is 11.4. The van der Waals surface area contributed by atoms with E-state index in [9.17, 15) is 9.90 Å². The number of carbonyl (C=O) groups is 1. The van der Waals surface area contributed by atoms with Crippen molar-refractivity contribution in [2.75, 3.05) is 19.6 Å². The number of phenols is 1. The van der Waals surface area contributed by atoms with Crippen LogP contribution in [0.5, 0.6) is 5.75 Å². The molecule has 2 rings (SSSR count). The summed E-state index contributed by atoms with van der Waals surface area (Å²) < 4.78 is 0. The highest BCUT2D eigenvalue weighted by molar-refractivity contribution is 5.79. The van der Waals surface area contributed by atoms with Gasteiger partial charge in [0.25, 0.3) is 0 Å². The van der Waals surface area contributed by atoms with Crippen molar-refractivity contribution in [3.8, 4) is 11.8 Å². The molecular weight excluding hydrogens is 254 g/mol. The Morgan fingerprint density at radius 2 is 2.10 bits per heavy atom. The molecule has 2 N–H and O–H groups in total. The predicted octanol–water partition coefficient (Wildman–Crippen LogP) is 1.04. The van der Waals surface area contributed by atoms with E-state index in [1.165, 1.54) is 0 Å². The average molecular weight is 273 g/mol. The van der Waals surface area contributed by atoms with E-state index in [1.54, 1.807) is 18.2 Å². The van der Waals surface area contributed by atoms with Crippen LogP contribution in [0, 0.1) is 11.3 Å². The van der Waals surface area contributed by atoms with Crippen LogP contribution < -0.4 is 5.32 Å². The van der Waals surface area contributed by atoms with Crippen LogP contribution in [-0.4, -0.2) is 41.6 Å². The smallest absolute Gasteiger partial charge is 0.224 e. The number of phenolic OH excluding ortho intramolecular Hbond substituents is 1. The minimum atomic E-state index is -0.0646. The summed E-state index contributed by atoms with van der Waals surface area (Å²) >= 11 is 0. The van der Waals surface area contributed by atoms with Crippen molar-refractivity contribution in [2.45, 2.75) is 25.3 Å². The van der Waals surface area contributed by atoms with Gasteiger partial charge in [0.05, 0.1) is 19.0 Å². The molecule has 0 radical (unpaired) electrons. The molecule has 1 saturated heterocycles. The number of nitrogens with one attached hydrogen (secondary N) is 1. The molecule has 0 spiro atoms. The zero-order valence-electron chi connectivity index (χ0n) is 11.4. The third kappa shape index (κ3) is 3.97. The Morgan fingerprint density at radius 3 is 2.75 bits per heavy atom. The highest BCUT2D eigenvalue weighted by atomic mass is 16.3. The van der Waals surface area contributed by atoms with Gasteiger partial charge in [-0.25, -0.2) is 0 Å². The number of nitriles is 1. The van der Waals surface area contributed by atoms with Crippen LogP contribution >= 0.6 is 0 Å². The number of hydrogen-bond donors (Lipinski definition) is 2. The topological polar surface area (TPSA) is 76.4 Å². The number of aromatic hydroxyl groups is 1. The summed E-state index contributed by atoms with van der Waals surface area (Å²) in [6.45, 7) is 2.14. The first-order valence-electron chi connectivity index (χ1n) is 6.84. The molecule has 0 atom stereocenters. The van der Waals surface area contributed by atoms with Gasteiger partial charge in [-0.1, -0.05) is 18.2 Å². The van der Waals surface area contributed by atoms with Gasteiger partial charge in [-0.3, -0.25) is 9.69 Å². The minimum absolute atomic E-state index is 0.0646. The molecule has 1 amide bonds. The van der Waals surface area contributed by atoms with Gasteiger partial charge in [0.1, 0.15) is 5.75 Å². The minimum Gasteiger partial charge on any atom is -0.508 e. The number of piperidine rings is 1. The SMILES string of the molecule is N#CCN1CCC(NC(=O)Cc2ccccc2O)CC1. The molecule has 0 aromatic heterocycles. The third-order valence-corrected chi connectivity index (χ3v) is 3.59. The lowest BCUT2D eigenvalue weighted by Crippen LogP contribution is -2.45. The summed E-state index contributed by atoms with van der Waals surface area (Å²) in [5.41, 5.74) is 0.645. The van der Waals surface area contributed by atoms with Crippen molar-refractivity contribution in [2.24, 2.45) is 0 Å². The van der Waals surface area contributed by atoms with E-state index in [4.69, 9.17) is 5.26 Å². The molecule has 1 aromatic rings. The van der Waals surface area contributed by atoms with Gasteiger partial charge < -0.3 is 10.4 Å². The maximum Gasteiger partial charge on any atom is 0.224 e. The van der Waals surface area contributed by atoms with Gasteiger partial charge in [-0.15, -0.1) is 0 Å². The Bertz CT molecular complexity index is 502. The summed E-state index contributed by atoms with van der Waals surface area (Å²) in [5, 5.41) is 21.3. The van der Waals surface area contributed by atoms with Crippen LogP contribution in [0.3, 0.4) is 0 Å². The van der Waals surface area contributed by atoms with Gasteiger partial charge in [0.2, 0.25) is 5.91 Å². The molecule has 1 aliphatic heterocycles. The molecule has 0 bridgehead atoms. The second-order valence-corrected chi connectivity index (χ2v) is 5.08. The van der Waals surface area contributed by atoms with Crippen molar-refractivity contribution in [1.82, 2.24) is 10.2 Å². The van der Waals surface area contributed by atoms with Gasteiger partial charge in [-0.2, -0.15) is 5.26 Å². The van der Waals surface area contributed by atoms with Crippen LogP contribution in [0.1, 0.15) is 18.4 Å². The fourth-order valence-corrected chi connectivity index (χ4v) is 2.45. The summed E-state index contributed by atoms with van der Waals surface area (Å²) in [7, 11) is 0. The Hall–Kier alpha value is -2.06. The summed E-state index contributed by atoms with van der Waals surface area (Å²) in [6.07, 6.45) is 1.94. The van der Waals surface area contributed by atoms with Crippen LogP contribution in [0.4, 0.5) is 0 Å². The van der Waals surface area contributed by atoms with Gasteiger partial charge in [0.15, 0.2) is 0 Å². The first-order valence-corrected chi connectivity index (χ1v) is 6.84. The highest BCUT2D eigenvalue weighted by Crippen LogP contribution is 2.16. The third-order valence-electron chi connectivity index (χ3n) is 3.59. The maximum atomic E-state index is 12.0. The van der Waals surface area contributed by atoms with E-state index >= 15 is 0 Å². The van der Waals surface area contributed by atoms with Crippen LogP contribution in [0.25, 0.3) is 0 Å². The number of para-hydroxylation sites is 1. The van der Waals surface area contributed by atoms with Crippen molar-refractivity contribution >= 4 is 5.91 Å². The Balaban J connectivity index is 1.79. The molecule has 106 valence electrons. The Labute approximate surface area is 118 Å². The van der Waals surface area contributed by atoms with Crippen LogP contribution in [0.15, 0.2) is 24.3 Å². The second-order valence-electron chi connectivity index (χ2n) is 5.08. The summed E-state index contributed by atoms with van der Waals surface area (Å²) in [6, 6.07) is 9.20. The number of carbonyl (C=O) groups excluding carboxylic acids is 1. The van der Waals surface area contributed by atoms with E-state index in [1.807, 2.05) is 6.07 Å². The lowest BCUT2D eigenvalue weighted by Gasteiger charge is -2.30. The van der Waals surface area contributed by atoms with Crippen molar-refractivity contribution in [1.29, 1.82) is 5.26 Å². The van der Waals surface area contributed by atoms with E-state index in [2.05, 4.69) is 16.3 Å². The first kappa shape index (κ1) is 14.4. The number of hydrogen-bond acceptors (Lipinski definition) is 4. The molecule has 1 aromatic carbocycles. The van der Waals surface area contributed by atoms with Gasteiger partial charge >= 0.3 is 0 Å². The van der Waals surface area contributed by atoms with Gasteiger partial charge in [-0.05, 0) is 18.9 Å². The van der Waals surface area contributed by atoms with Crippen LogP contribution in [0.2, 0.25) is 0 Å². The quantitative estimate of drug-likeness (QED) is 0.804. The molecular formula is C15H19N3O2. The highest BCUT2D eigenvalue weighted by Gasteiger charge is 2.20. The molecule has 5 heteroatoms. The first-order chi connectivity index (χ1) is 9.69. The normalized spacial score (nSPS) is 16.6. The average Bonchev–Trinajstić information content (AvgIpc) is 2.44. The summed E-state index contributed by atoms with van der Waals surface area (Å²) in [5.74, 6) is 0.0942. The maximum absolute atomic E-state index is 12.0. The number of likely N-dealkylation sites (tertiary alicyclic amines) is 1. The Kier molecular flexibility index (Phi) is 4.97. The largest absolute Gasteiger partial charge is 0.508 e. The molecule has 1 fully saturated rings. The zero-order chi connectivity index (χ0) is 14.4.